The molecule has 1 amide bonds. The van der Waals surface area contributed by atoms with Crippen LogP contribution in [0.5, 0.6) is 0 Å². The Morgan fingerprint density at radius 1 is 1.00 bits per heavy atom. The van der Waals surface area contributed by atoms with E-state index in [1.54, 1.807) is 20.8 Å². The van der Waals surface area contributed by atoms with Crippen LogP contribution in [0.2, 0.25) is 0 Å². The van der Waals surface area contributed by atoms with Crippen molar-refractivity contribution in [2.45, 2.75) is 58.9 Å². The summed E-state index contributed by atoms with van der Waals surface area (Å²) in [6, 6.07) is 0.483. The summed E-state index contributed by atoms with van der Waals surface area (Å²) in [5, 5.41) is 9.06. The third-order valence-electron chi connectivity index (χ3n) is 3.90. The summed E-state index contributed by atoms with van der Waals surface area (Å²) in [5.74, 6) is -0.165. The van der Waals surface area contributed by atoms with E-state index in [-0.39, 0.29) is 12.5 Å². The molecule has 1 atom stereocenters. The van der Waals surface area contributed by atoms with Crippen molar-refractivity contribution in [3.8, 4) is 0 Å². The number of halogens is 1. The smallest absolute Gasteiger partial charge is 0.219 e. The van der Waals surface area contributed by atoms with Gasteiger partial charge in [-0.25, -0.2) is 4.39 Å². The Balaban J connectivity index is 3.48. The summed E-state index contributed by atoms with van der Waals surface area (Å²) in [6.45, 7) is 14.3. The maximum atomic E-state index is 14.1. The second kappa shape index (κ2) is 16.2. The van der Waals surface area contributed by atoms with Crippen LogP contribution in [0.3, 0.4) is 0 Å². The number of nitrogens with one attached hydrogen (secondary N) is 3. The molecule has 0 spiro atoms. The van der Waals surface area contributed by atoms with Gasteiger partial charge in [-0.15, -0.1) is 0 Å². The highest BCUT2D eigenvalue weighted by Crippen LogP contribution is 2.17. The third kappa shape index (κ3) is 15.9. The van der Waals surface area contributed by atoms with Crippen LogP contribution in [0.1, 0.15) is 41.0 Å². The van der Waals surface area contributed by atoms with E-state index in [4.69, 9.17) is 14.2 Å². The highest BCUT2D eigenvalue weighted by Gasteiger charge is 2.30. The second-order valence-corrected chi connectivity index (χ2v) is 7.16. The molecule has 0 radical (unpaired) electrons. The zero-order chi connectivity index (χ0) is 20.5. The van der Waals surface area contributed by atoms with Crippen LogP contribution in [0, 0.1) is 0 Å². The first kappa shape index (κ1) is 26.2. The van der Waals surface area contributed by atoms with Gasteiger partial charge in [-0.05, 0) is 13.8 Å². The van der Waals surface area contributed by atoms with Gasteiger partial charge in [-0.2, -0.15) is 0 Å². The molecule has 0 aliphatic rings. The van der Waals surface area contributed by atoms with Gasteiger partial charge in [-0.1, -0.05) is 20.8 Å². The van der Waals surface area contributed by atoms with Crippen molar-refractivity contribution < 1.29 is 23.4 Å². The molecule has 8 heteroatoms. The highest BCUT2D eigenvalue weighted by atomic mass is 19.1. The Morgan fingerprint density at radius 2 is 1.59 bits per heavy atom. The predicted molar refractivity (Wildman–Crippen MR) is 106 cm³/mol. The van der Waals surface area contributed by atoms with Crippen molar-refractivity contribution >= 4 is 5.91 Å². The van der Waals surface area contributed by atoms with E-state index < -0.39 is 11.8 Å². The van der Waals surface area contributed by atoms with Crippen molar-refractivity contribution in [2.24, 2.45) is 0 Å². The molecule has 0 aromatic carbocycles. The number of hydrogen-bond acceptors (Lipinski definition) is 6. The minimum Gasteiger partial charge on any atom is -0.379 e. The topological polar surface area (TPSA) is 80.9 Å². The quantitative estimate of drug-likeness (QED) is 0.304. The molecular formula is C19H40FN3O4. The monoisotopic (exact) mass is 393 g/mol. The minimum absolute atomic E-state index is 0.0416. The highest BCUT2D eigenvalue weighted by molar-refractivity contribution is 5.75. The molecule has 0 saturated carbocycles. The molecule has 0 rings (SSSR count). The molecule has 0 bridgehead atoms. The van der Waals surface area contributed by atoms with Crippen LogP contribution in [0.4, 0.5) is 4.39 Å². The fraction of sp³-hybridized carbons (Fsp3) is 0.947. The van der Waals surface area contributed by atoms with Gasteiger partial charge in [0, 0.05) is 32.1 Å². The van der Waals surface area contributed by atoms with Gasteiger partial charge in [0.1, 0.15) is 6.17 Å². The Hall–Kier alpha value is -0.800. The largest absolute Gasteiger partial charge is 0.379 e. The summed E-state index contributed by atoms with van der Waals surface area (Å²) in [5.41, 5.74) is -0.968. The summed E-state index contributed by atoms with van der Waals surface area (Å²) < 4.78 is 30.6. The summed E-state index contributed by atoms with van der Waals surface area (Å²) >= 11 is 0. The number of alkyl halides is 1. The average Bonchev–Trinajstić information content (AvgIpc) is 2.62. The Kier molecular flexibility index (Phi) is 15.7. The Bertz CT molecular complexity index is 371. The van der Waals surface area contributed by atoms with Crippen molar-refractivity contribution in [1.82, 2.24) is 16.0 Å². The molecule has 0 aromatic heterocycles. The number of carbonyl (C=O) groups is 1. The zero-order valence-electron chi connectivity index (χ0n) is 17.7. The number of rotatable bonds is 18. The van der Waals surface area contributed by atoms with E-state index in [9.17, 15) is 9.18 Å². The summed E-state index contributed by atoms with van der Waals surface area (Å²) in [7, 11) is 0. The molecule has 0 fully saturated rings. The molecule has 1 unspecified atom stereocenters. The minimum atomic E-state index is -1.27. The maximum absolute atomic E-state index is 14.1. The van der Waals surface area contributed by atoms with Gasteiger partial charge in [0.15, 0.2) is 0 Å². The first-order valence-electron chi connectivity index (χ1n) is 9.94. The van der Waals surface area contributed by atoms with Crippen LogP contribution in [0.25, 0.3) is 0 Å². The van der Waals surface area contributed by atoms with Crippen molar-refractivity contribution in [2.75, 3.05) is 59.2 Å². The molecule has 27 heavy (non-hydrogen) atoms. The van der Waals surface area contributed by atoms with E-state index in [0.29, 0.717) is 45.5 Å². The average molecular weight is 394 g/mol. The van der Waals surface area contributed by atoms with Gasteiger partial charge in [0.2, 0.25) is 5.91 Å². The summed E-state index contributed by atoms with van der Waals surface area (Å²) in [4.78, 5) is 11.2. The molecular weight excluding hydrogens is 353 g/mol. The molecule has 0 saturated heterocycles. The van der Waals surface area contributed by atoms with Gasteiger partial charge < -0.3 is 30.2 Å². The number of hydrogen-bond donors (Lipinski definition) is 3. The fourth-order valence-electron chi connectivity index (χ4n) is 2.07. The third-order valence-corrected chi connectivity index (χ3v) is 3.90. The molecule has 0 aliphatic carbocycles. The van der Waals surface area contributed by atoms with E-state index in [1.807, 2.05) is 0 Å². The van der Waals surface area contributed by atoms with Crippen LogP contribution in [0.15, 0.2) is 0 Å². The predicted octanol–water partition coefficient (Wildman–Crippen LogP) is 1.27. The molecule has 0 aliphatic heterocycles. The van der Waals surface area contributed by atoms with Gasteiger partial charge in [-0.3, -0.25) is 4.79 Å². The van der Waals surface area contributed by atoms with E-state index in [2.05, 4.69) is 29.8 Å². The molecule has 3 N–H and O–H groups in total. The molecule has 162 valence electrons. The number of amides is 1. The van der Waals surface area contributed by atoms with E-state index in [1.165, 1.54) is 0 Å². The summed E-state index contributed by atoms with van der Waals surface area (Å²) in [6.07, 6.45) is -0.928. The molecule has 0 aromatic rings. The standard InChI is InChI=1S/C19H40FN3O4/c1-6-18(24)23-15-17(20)19(4,5)27-14-13-26-11-8-21-7-10-25-12-9-22-16(2)3/h16-17,21-22H,6-15H2,1-5H3,(H,23,24). The van der Waals surface area contributed by atoms with Gasteiger partial charge in [0.05, 0.1) is 45.2 Å². The lowest BCUT2D eigenvalue weighted by molar-refractivity contribution is -0.122. The fourth-order valence-corrected chi connectivity index (χ4v) is 2.07. The van der Waals surface area contributed by atoms with Gasteiger partial charge in [0.25, 0.3) is 0 Å². The normalized spacial score (nSPS) is 13.1. The van der Waals surface area contributed by atoms with Crippen molar-refractivity contribution in [1.29, 1.82) is 0 Å². The Labute approximate surface area is 164 Å². The van der Waals surface area contributed by atoms with E-state index >= 15 is 0 Å². The first-order chi connectivity index (χ1) is 12.8. The second-order valence-electron chi connectivity index (χ2n) is 7.16. The van der Waals surface area contributed by atoms with Crippen LogP contribution >= 0.6 is 0 Å². The maximum Gasteiger partial charge on any atom is 0.219 e. The molecule has 7 nitrogen and oxygen atoms in total. The van der Waals surface area contributed by atoms with Crippen molar-refractivity contribution in [3.05, 3.63) is 0 Å². The SMILES string of the molecule is CCC(=O)NCC(F)C(C)(C)OCCOCCNCCOCCNC(C)C. The van der Waals surface area contributed by atoms with Crippen molar-refractivity contribution in [3.63, 3.8) is 0 Å². The lowest BCUT2D eigenvalue weighted by Gasteiger charge is -2.29. The molecule has 0 heterocycles. The zero-order valence-corrected chi connectivity index (χ0v) is 17.7. The first-order valence-corrected chi connectivity index (χ1v) is 9.94. The lowest BCUT2D eigenvalue weighted by atomic mass is 10.0. The van der Waals surface area contributed by atoms with E-state index in [0.717, 1.165) is 19.6 Å². The lowest BCUT2D eigenvalue weighted by Crippen LogP contribution is -2.44. The number of ether oxygens (including phenoxy) is 3. The Morgan fingerprint density at radius 3 is 2.19 bits per heavy atom. The van der Waals surface area contributed by atoms with Crippen LogP contribution in [-0.2, 0) is 19.0 Å². The van der Waals surface area contributed by atoms with Gasteiger partial charge >= 0.3 is 0 Å². The van der Waals surface area contributed by atoms with Crippen LogP contribution < -0.4 is 16.0 Å². The van der Waals surface area contributed by atoms with Crippen LogP contribution in [-0.4, -0.2) is 82.9 Å². The number of carbonyl (C=O) groups excluding carboxylic acids is 1.